The molecule has 0 amide bonds. The minimum atomic E-state index is 0. The van der Waals surface area contributed by atoms with Gasteiger partial charge in [-0.2, -0.15) is 0 Å². The predicted molar refractivity (Wildman–Crippen MR) is 48.5 cm³/mol. The van der Waals surface area contributed by atoms with Crippen LogP contribution in [0.5, 0.6) is 0 Å². The van der Waals surface area contributed by atoms with Crippen LogP contribution in [0.2, 0.25) is 0 Å². The molecule has 1 unspecified atom stereocenters. The summed E-state index contributed by atoms with van der Waals surface area (Å²) >= 11 is 0. The first-order chi connectivity index (χ1) is 3.72. The van der Waals surface area contributed by atoms with Gasteiger partial charge < -0.3 is 0 Å². The minimum absolute atomic E-state index is 0. The Balaban J connectivity index is 0. The van der Waals surface area contributed by atoms with Gasteiger partial charge in [-0.3, -0.25) is 0 Å². The fourth-order valence-electron chi connectivity index (χ4n) is 1.09. The van der Waals surface area contributed by atoms with Crippen molar-refractivity contribution in [2.24, 2.45) is 11.8 Å². The largest absolute Gasteiger partial charge is 0.187 e. The van der Waals surface area contributed by atoms with Crippen molar-refractivity contribution in [2.45, 2.75) is 33.6 Å². The molecule has 1 radical (unpaired) electrons. The molecule has 9 heavy (non-hydrogen) atoms. The van der Waals surface area contributed by atoms with Crippen LogP contribution in [0.15, 0.2) is 0 Å². The maximum Gasteiger partial charge on any atom is 0.187 e. The first kappa shape index (κ1) is 12.2. The number of hydrogen-bond donors (Lipinski definition) is 0. The Morgan fingerprint density at radius 3 is 1.56 bits per heavy atom. The van der Waals surface area contributed by atoms with Gasteiger partial charge in [-0.25, -0.2) is 0 Å². The van der Waals surface area contributed by atoms with E-state index in [2.05, 4.69) is 27.7 Å². The summed E-state index contributed by atoms with van der Waals surface area (Å²) in [5.74, 6) is 1.47. The first-order valence-corrected chi connectivity index (χ1v) is 3.55. The van der Waals surface area contributed by atoms with E-state index in [0.29, 0.717) is 5.92 Å². The van der Waals surface area contributed by atoms with Crippen molar-refractivity contribution in [1.82, 2.24) is 0 Å². The van der Waals surface area contributed by atoms with Crippen LogP contribution in [-0.4, -0.2) is 17.4 Å². The van der Waals surface area contributed by atoms with Crippen LogP contribution < -0.4 is 0 Å². The highest BCUT2D eigenvalue weighted by atomic mass is 27.0. The molecule has 0 fully saturated rings. The van der Waals surface area contributed by atoms with Crippen LogP contribution in [-0.2, 0) is 0 Å². The third-order valence-electron chi connectivity index (χ3n) is 1.85. The molecule has 0 aliphatic rings. The SMILES string of the molecule is [AlH3].[CH2]C(C)C(CC)CC. The molecule has 0 rings (SSSR count). The van der Waals surface area contributed by atoms with Crippen LogP contribution in [0.3, 0.4) is 0 Å². The fraction of sp³-hybridized carbons (Fsp3) is 0.875. The lowest BCUT2D eigenvalue weighted by Crippen LogP contribution is -2.05. The molecule has 0 saturated heterocycles. The lowest BCUT2D eigenvalue weighted by Gasteiger charge is -2.15. The van der Waals surface area contributed by atoms with Gasteiger partial charge >= 0.3 is 0 Å². The van der Waals surface area contributed by atoms with Gasteiger partial charge in [-0.15, -0.1) is 0 Å². The topological polar surface area (TPSA) is 0 Å². The molecule has 55 valence electrons. The van der Waals surface area contributed by atoms with E-state index in [4.69, 9.17) is 0 Å². The molecule has 0 N–H and O–H groups in total. The Bertz CT molecular complexity index is 46.5. The first-order valence-electron chi connectivity index (χ1n) is 3.55. The highest BCUT2D eigenvalue weighted by Crippen LogP contribution is 2.16. The smallest absolute Gasteiger partial charge is 0.0651 e. The van der Waals surface area contributed by atoms with E-state index < -0.39 is 0 Å². The zero-order chi connectivity index (χ0) is 6.57. The van der Waals surface area contributed by atoms with Gasteiger partial charge in [0.1, 0.15) is 0 Å². The quantitative estimate of drug-likeness (QED) is 0.528. The third-order valence-corrected chi connectivity index (χ3v) is 1.85. The fourth-order valence-corrected chi connectivity index (χ4v) is 1.09. The number of hydrogen-bond acceptors (Lipinski definition) is 0. The summed E-state index contributed by atoms with van der Waals surface area (Å²) in [7, 11) is 0. The summed E-state index contributed by atoms with van der Waals surface area (Å²) in [6.07, 6.45) is 2.56. The second kappa shape index (κ2) is 6.65. The third kappa shape index (κ3) is 5.00. The van der Waals surface area contributed by atoms with Crippen LogP contribution in [0.1, 0.15) is 33.6 Å². The van der Waals surface area contributed by atoms with Crippen LogP contribution in [0.25, 0.3) is 0 Å². The maximum absolute atomic E-state index is 3.98. The van der Waals surface area contributed by atoms with Crippen molar-refractivity contribution < 1.29 is 0 Å². The van der Waals surface area contributed by atoms with Crippen LogP contribution in [0, 0.1) is 18.8 Å². The summed E-state index contributed by atoms with van der Waals surface area (Å²) in [5.41, 5.74) is 0. The normalized spacial score (nSPS) is 10.0. The highest BCUT2D eigenvalue weighted by Gasteiger charge is 2.06. The van der Waals surface area contributed by atoms with Crippen LogP contribution >= 0.6 is 0 Å². The van der Waals surface area contributed by atoms with E-state index in [-0.39, 0.29) is 17.4 Å². The second-order valence-corrected chi connectivity index (χ2v) is 2.55. The highest BCUT2D eigenvalue weighted by molar-refractivity contribution is 5.75. The van der Waals surface area contributed by atoms with Crippen molar-refractivity contribution in [1.29, 1.82) is 0 Å². The Morgan fingerprint density at radius 1 is 1.22 bits per heavy atom. The molecular formula is C8H20Al. The molecule has 0 nitrogen and oxygen atoms in total. The van der Waals surface area contributed by atoms with Crippen molar-refractivity contribution in [3.8, 4) is 0 Å². The average molecular weight is 143 g/mol. The molecule has 0 aromatic heterocycles. The Kier molecular flexibility index (Phi) is 9.04. The number of rotatable bonds is 3. The molecule has 0 aromatic carbocycles. The average Bonchev–Trinajstić information content (AvgIpc) is 1.69. The Labute approximate surface area is 70.2 Å². The van der Waals surface area contributed by atoms with Gasteiger partial charge in [0.05, 0.1) is 0 Å². The van der Waals surface area contributed by atoms with E-state index in [1.165, 1.54) is 12.8 Å². The molecule has 0 saturated carbocycles. The zero-order valence-corrected chi connectivity index (χ0v) is 6.28. The molecule has 0 aromatic rings. The van der Waals surface area contributed by atoms with Gasteiger partial charge in [0, 0.05) is 0 Å². The summed E-state index contributed by atoms with van der Waals surface area (Å²) in [6, 6.07) is 0. The van der Waals surface area contributed by atoms with Crippen molar-refractivity contribution in [3.05, 3.63) is 6.92 Å². The summed E-state index contributed by atoms with van der Waals surface area (Å²) < 4.78 is 0. The standard InChI is InChI=1S/C8H17.Al.3H/c1-5-8(6-2)7(3)4;;;;/h7-8H,3,5-6H2,1-2,4H3;;;;. The van der Waals surface area contributed by atoms with E-state index in [0.717, 1.165) is 5.92 Å². The van der Waals surface area contributed by atoms with E-state index in [9.17, 15) is 0 Å². The van der Waals surface area contributed by atoms with Crippen molar-refractivity contribution >= 4 is 17.4 Å². The molecule has 0 spiro atoms. The second-order valence-electron chi connectivity index (χ2n) is 2.55. The lowest BCUT2D eigenvalue weighted by molar-refractivity contribution is 0.392. The van der Waals surface area contributed by atoms with Gasteiger partial charge in [0.25, 0.3) is 0 Å². The lowest BCUT2D eigenvalue weighted by atomic mass is 9.91. The molecule has 1 heteroatoms. The molecule has 0 aliphatic heterocycles. The van der Waals surface area contributed by atoms with E-state index in [1.54, 1.807) is 0 Å². The van der Waals surface area contributed by atoms with Gasteiger partial charge in [0.15, 0.2) is 17.4 Å². The van der Waals surface area contributed by atoms with E-state index >= 15 is 0 Å². The van der Waals surface area contributed by atoms with Gasteiger partial charge in [0.2, 0.25) is 0 Å². The van der Waals surface area contributed by atoms with Gasteiger partial charge in [-0.05, 0) is 11.8 Å². The Hall–Kier alpha value is 0.532. The van der Waals surface area contributed by atoms with Crippen molar-refractivity contribution in [3.63, 3.8) is 0 Å². The summed E-state index contributed by atoms with van der Waals surface area (Å²) in [4.78, 5) is 0. The molecule has 0 aliphatic carbocycles. The summed E-state index contributed by atoms with van der Waals surface area (Å²) in [5, 5.41) is 0. The van der Waals surface area contributed by atoms with Crippen LogP contribution in [0.4, 0.5) is 0 Å². The van der Waals surface area contributed by atoms with Gasteiger partial charge in [-0.1, -0.05) is 40.5 Å². The zero-order valence-electron chi connectivity index (χ0n) is 6.28. The molecule has 1 atom stereocenters. The minimum Gasteiger partial charge on any atom is -0.0651 e. The maximum atomic E-state index is 3.98. The monoisotopic (exact) mass is 143 g/mol. The molecule has 0 bridgehead atoms. The van der Waals surface area contributed by atoms with E-state index in [1.807, 2.05) is 0 Å². The van der Waals surface area contributed by atoms with Crippen molar-refractivity contribution in [2.75, 3.05) is 0 Å². The molecular weight excluding hydrogens is 123 g/mol. The summed E-state index contributed by atoms with van der Waals surface area (Å²) in [6.45, 7) is 10.6. The Morgan fingerprint density at radius 2 is 1.56 bits per heavy atom. The predicted octanol–water partition coefficient (Wildman–Crippen LogP) is 1.71. The molecule has 0 heterocycles.